The van der Waals surface area contributed by atoms with Gasteiger partial charge in [0.2, 0.25) is 0 Å². The lowest BCUT2D eigenvalue weighted by molar-refractivity contribution is -0.126. The summed E-state index contributed by atoms with van der Waals surface area (Å²) in [7, 11) is -2.16. The van der Waals surface area contributed by atoms with E-state index in [-0.39, 0.29) is 22.1 Å². The van der Waals surface area contributed by atoms with Gasteiger partial charge in [-0.25, -0.2) is 8.42 Å². The third kappa shape index (κ3) is 6.67. The first-order valence-corrected chi connectivity index (χ1v) is 10.5. The van der Waals surface area contributed by atoms with Crippen molar-refractivity contribution in [3.8, 4) is 5.75 Å². The molecule has 0 heterocycles. The summed E-state index contributed by atoms with van der Waals surface area (Å²) in [6.45, 7) is 8.31. The quantitative estimate of drug-likeness (QED) is 0.367. The largest absolute Gasteiger partial charge is 0.497 e. The Morgan fingerprint density at radius 2 is 1.74 bits per heavy atom. The molecule has 148 valence electrons. The molecule has 0 aliphatic carbocycles. The average molecular weight is 393 g/mol. The Labute approximate surface area is 162 Å². The van der Waals surface area contributed by atoms with Gasteiger partial charge in [-0.05, 0) is 58.0 Å². The molecule has 0 aliphatic rings. The van der Waals surface area contributed by atoms with Crippen LogP contribution in [0, 0.1) is 0 Å². The van der Waals surface area contributed by atoms with Crippen molar-refractivity contribution in [1.29, 1.82) is 0 Å². The van der Waals surface area contributed by atoms with Crippen LogP contribution in [0.2, 0.25) is 0 Å². The van der Waals surface area contributed by atoms with Gasteiger partial charge in [0.15, 0.2) is 9.84 Å². The maximum absolute atomic E-state index is 12.8. The average Bonchev–Trinajstić information content (AvgIpc) is 2.66. The van der Waals surface area contributed by atoms with Crippen LogP contribution < -0.4 is 4.74 Å². The van der Waals surface area contributed by atoms with Crippen molar-refractivity contribution in [3.63, 3.8) is 0 Å². The zero-order chi connectivity index (χ0) is 20.4. The highest BCUT2D eigenvalue weighted by molar-refractivity contribution is 7.91. The lowest BCUT2D eigenvalue weighted by Gasteiger charge is -2.20. The number of likely N-dealkylation sites (N-methyl/N-ethyl adjacent to an activating group) is 1. The minimum Gasteiger partial charge on any atom is -0.497 e. The number of amides is 1. The second-order valence-corrected chi connectivity index (χ2v) is 7.79. The molecule has 1 amide bonds. The minimum atomic E-state index is -3.68. The number of nitrogens with zero attached hydrogens (tertiary/aromatic N) is 2. The minimum absolute atomic E-state index is 0.147. The molecule has 0 bridgehead atoms. The van der Waals surface area contributed by atoms with Gasteiger partial charge in [-0.1, -0.05) is 6.08 Å². The fourth-order valence-corrected chi connectivity index (χ4v) is 3.78. The van der Waals surface area contributed by atoms with Gasteiger partial charge in [0.05, 0.1) is 17.8 Å². The van der Waals surface area contributed by atoms with Crippen LogP contribution in [-0.2, 0) is 14.6 Å². The highest BCUT2D eigenvalue weighted by atomic mass is 32.2. The number of ether oxygens (including phenoxy) is 1. The Morgan fingerprint density at radius 3 is 2.22 bits per heavy atom. The van der Waals surface area contributed by atoms with Crippen molar-refractivity contribution in [3.05, 3.63) is 47.7 Å². The molecule has 0 saturated heterocycles. The van der Waals surface area contributed by atoms with Crippen molar-refractivity contribution >= 4 is 22.0 Å². The normalized spacial score (nSPS) is 13.1. The number of allylic oxidation sites excluding steroid dienone is 3. The van der Waals surface area contributed by atoms with Crippen LogP contribution >= 0.6 is 0 Å². The Bertz CT molecular complexity index is 818. The second-order valence-electron chi connectivity index (χ2n) is 5.80. The van der Waals surface area contributed by atoms with Crippen molar-refractivity contribution in [1.82, 2.24) is 4.90 Å². The summed E-state index contributed by atoms with van der Waals surface area (Å²) < 4.78 is 30.7. The summed E-state index contributed by atoms with van der Waals surface area (Å²) in [4.78, 5) is 18.7. The monoisotopic (exact) mass is 392 g/mol. The molecule has 6 nitrogen and oxygen atoms in total. The molecule has 0 spiro atoms. The topological polar surface area (TPSA) is 76.0 Å². The molecule has 1 aromatic rings. The fraction of sp³-hybridized carbons (Fsp3) is 0.400. The molecule has 0 fully saturated rings. The predicted molar refractivity (Wildman–Crippen MR) is 109 cm³/mol. The van der Waals surface area contributed by atoms with Crippen LogP contribution in [-0.4, -0.2) is 51.4 Å². The van der Waals surface area contributed by atoms with Crippen LogP contribution in [0.25, 0.3) is 0 Å². The van der Waals surface area contributed by atoms with Gasteiger partial charge in [0.25, 0.3) is 5.91 Å². The van der Waals surface area contributed by atoms with E-state index in [1.807, 2.05) is 13.8 Å². The Kier molecular flexibility index (Phi) is 8.94. The summed E-state index contributed by atoms with van der Waals surface area (Å²) in [5.41, 5.74) is 0.893. The molecule has 1 rings (SSSR count). The maximum atomic E-state index is 12.8. The molecular formula is C20H28N2O4S. The number of aliphatic imine (C=N–C) groups is 1. The zero-order valence-corrected chi connectivity index (χ0v) is 17.4. The van der Waals surface area contributed by atoms with Gasteiger partial charge in [-0.3, -0.25) is 9.79 Å². The summed E-state index contributed by atoms with van der Waals surface area (Å²) in [6, 6.07) is 6.14. The van der Waals surface area contributed by atoms with Crippen molar-refractivity contribution in [2.45, 2.75) is 32.6 Å². The fourth-order valence-electron chi connectivity index (χ4n) is 2.43. The molecule has 0 aliphatic heterocycles. The van der Waals surface area contributed by atoms with Crippen molar-refractivity contribution in [2.75, 3.05) is 26.0 Å². The number of hydrogen-bond acceptors (Lipinski definition) is 5. The number of methoxy groups -OCH3 is 1. The van der Waals surface area contributed by atoms with Gasteiger partial charge in [0, 0.05) is 30.6 Å². The lowest BCUT2D eigenvalue weighted by Crippen LogP contribution is -2.33. The van der Waals surface area contributed by atoms with Crippen LogP contribution in [0.5, 0.6) is 5.75 Å². The first-order chi connectivity index (χ1) is 12.8. The Hall–Kier alpha value is -2.41. The van der Waals surface area contributed by atoms with E-state index in [1.54, 1.807) is 49.2 Å². The third-order valence-electron chi connectivity index (χ3n) is 3.95. The van der Waals surface area contributed by atoms with E-state index in [0.717, 1.165) is 0 Å². The SMILES string of the molecule is CC=N/C(C)=C/C=C(\CS(=O)(=O)c1ccc(OC)cc1)C(=O)N(CC)CC. The molecule has 7 heteroatoms. The number of sulfone groups is 1. The van der Waals surface area contributed by atoms with Crippen LogP contribution in [0.3, 0.4) is 0 Å². The molecule has 27 heavy (non-hydrogen) atoms. The Balaban J connectivity index is 3.27. The van der Waals surface area contributed by atoms with Gasteiger partial charge in [0.1, 0.15) is 5.75 Å². The van der Waals surface area contributed by atoms with E-state index < -0.39 is 9.84 Å². The highest BCUT2D eigenvalue weighted by Gasteiger charge is 2.23. The molecule has 0 saturated carbocycles. The predicted octanol–water partition coefficient (Wildman–Crippen LogP) is 3.26. The van der Waals surface area contributed by atoms with E-state index in [1.165, 1.54) is 19.2 Å². The standard InChI is InChI=1S/C20H28N2O4S/c1-6-21-16(4)9-10-17(20(23)22(7-2)8-3)15-27(24,25)19-13-11-18(26-5)12-14-19/h6,9-14H,7-8,15H2,1-5H3/b16-9+,17-10+,21-6?. The smallest absolute Gasteiger partial charge is 0.250 e. The van der Waals surface area contributed by atoms with E-state index in [2.05, 4.69) is 4.99 Å². The first-order valence-electron chi connectivity index (χ1n) is 8.81. The second kappa shape index (κ2) is 10.7. The lowest BCUT2D eigenvalue weighted by atomic mass is 10.2. The van der Waals surface area contributed by atoms with Crippen LogP contribution in [0.4, 0.5) is 0 Å². The van der Waals surface area contributed by atoms with Gasteiger partial charge in [-0.2, -0.15) is 0 Å². The Morgan fingerprint density at radius 1 is 1.15 bits per heavy atom. The molecule has 0 radical (unpaired) electrons. The zero-order valence-electron chi connectivity index (χ0n) is 16.6. The summed E-state index contributed by atoms with van der Waals surface area (Å²) in [5, 5.41) is 0. The van der Waals surface area contributed by atoms with Gasteiger partial charge >= 0.3 is 0 Å². The summed E-state index contributed by atoms with van der Waals surface area (Å²) >= 11 is 0. The number of rotatable bonds is 9. The molecule has 0 aromatic heterocycles. The summed E-state index contributed by atoms with van der Waals surface area (Å²) in [6.07, 6.45) is 4.84. The number of carbonyl (C=O) groups is 1. The third-order valence-corrected chi connectivity index (χ3v) is 5.63. The molecule has 0 N–H and O–H groups in total. The number of carbonyl (C=O) groups excluding carboxylic acids is 1. The maximum Gasteiger partial charge on any atom is 0.250 e. The van der Waals surface area contributed by atoms with Crippen molar-refractivity contribution in [2.24, 2.45) is 4.99 Å². The van der Waals surface area contributed by atoms with Gasteiger partial charge < -0.3 is 9.64 Å². The van der Waals surface area contributed by atoms with E-state index in [0.29, 0.717) is 24.5 Å². The molecule has 0 unspecified atom stereocenters. The number of benzene rings is 1. The van der Waals surface area contributed by atoms with E-state index in [4.69, 9.17) is 4.74 Å². The molecule has 1 aromatic carbocycles. The van der Waals surface area contributed by atoms with E-state index in [9.17, 15) is 13.2 Å². The van der Waals surface area contributed by atoms with E-state index >= 15 is 0 Å². The molecule has 0 atom stereocenters. The molecular weight excluding hydrogens is 364 g/mol. The first kappa shape index (κ1) is 22.6. The summed E-state index contributed by atoms with van der Waals surface area (Å²) in [5.74, 6) is -0.101. The number of hydrogen-bond donors (Lipinski definition) is 0. The highest BCUT2D eigenvalue weighted by Crippen LogP contribution is 2.19. The van der Waals surface area contributed by atoms with Gasteiger partial charge in [-0.15, -0.1) is 0 Å². The van der Waals surface area contributed by atoms with Crippen LogP contribution in [0.1, 0.15) is 27.7 Å². The van der Waals surface area contributed by atoms with Crippen LogP contribution in [0.15, 0.2) is 57.6 Å². The van der Waals surface area contributed by atoms with Crippen molar-refractivity contribution < 1.29 is 17.9 Å².